The van der Waals surface area contributed by atoms with Crippen LogP contribution in [-0.2, 0) is 0 Å². The van der Waals surface area contributed by atoms with Crippen LogP contribution >= 0.6 is 0 Å². The van der Waals surface area contributed by atoms with E-state index in [9.17, 15) is 4.79 Å². The van der Waals surface area contributed by atoms with Crippen LogP contribution in [0, 0.1) is 0 Å². The first-order valence-corrected chi connectivity index (χ1v) is 7.28. The Hall–Kier alpha value is -1.88. The molecule has 2 N–H and O–H groups in total. The summed E-state index contributed by atoms with van der Waals surface area (Å²) in [5, 5.41) is 10.7. The Bertz CT molecular complexity index is 586. The normalized spacial score (nSPS) is 19.1. The Kier molecular flexibility index (Phi) is 3.97. The number of hydrogen-bond donors (Lipinski definition) is 2. The highest BCUT2D eigenvalue weighted by Crippen LogP contribution is 2.11. The van der Waals surface area contributed by atoms with Crippen LogP contribution in [-0.4, -0.2) is 34.7 Å². The number of pyridine rings is 1. The van der Waals surface area contributed by atoms with Gasteiger partial charge < -0.3 is 10.6 Å². The average Bonchev–Trinajstić information content (AvgIpc) is 2.92. The molecule has 1 aliphatic rings. The van der Waals surface area contributed by atoms with Crippen LogP contribution in [0.15, 0.2) is 30.6 Å². The van der Waals surface area contributed by atoms with Gasteiger partial charge in [-0.1, -0.05) is 12.5 Å². The number of nitrogens with zero attached hydrogens (tertiary/aromatic N) is 2. The Balaban J connectivity index is 1.56. The SMILES string of the molecule is O=C(NCCC1CCCCN1)c1cnn2ccccc12. The molecule has 0 aliphatic carbocycles. The molecule has 0 radical (unpaired) electrons. The molecule has 3 heterocycles. The van der Waals surface area contributed by atoms with Gasteiger partial charge in [0.25, 0.3) is 5.91 Å². The highest BCUT2D eigenvalue weighted by Gasteiger charge is 2.14. The molecule has 1 fully saturated rings. The Morgan fingerprint density at radius 2 is 2.40 bits per heavy atom. The maximum atomic E-state index is 12.2. The van der Waals surface area contributed by atoms with Gasteiger partial charge >= 0.3 is 0 Å². The van der Waals surface area contributed by atoms with E-state index in [1.807, 2.05) is 24.4 Å². The number of piperidine rings is 1. The van der Waals surface area contributed by atoms with Crippen molar-refractivity contribution in [1.82, 2.24) is 20.2 Å². The number of carbonyl (C=O) groups is 1. The van der Waals surface area contributed by atoms with Crippen molar-refractivity contribution in [3.63, 3.8) is 0 Å². The molecule has 0 saturated carbocycles. The van der Waals surface area contributed by atoms with Crippen LogP contribution in [0.1, 0.15) is 36.0 Å². The quantitative estimate of drug-likeness (QED) is 0.888. The van der Waals surface area contributed by atoms with Gasteiger partial charge in [-0.2, -0.15) is 5.10 Å². The zero-order chi connectivity index (χ0) is 13.8. The van der Waals surface area contributed by atoms with Gasteiger partial charge in [-0.25, -0.2) is 4.52 Å². The fraction of sp³-hybridized carbons (Fsp3) is 0.467. The lowest BCUT2D eigenvalue weighted by Gasteiger charge is -2.23. The minimum absolute atomic E-state index is 0.0398. The third-order valence-electron chi connectivity index (χ3n) is 3.86. The van der Waals surface area contributed by atoms with Crippen LogP contribution in [0.4, 0.5) is 0 Å². The summed E-state index contributed by atoms with van der Waals surface area (Å²) in [4.78, 5) is 12.2. The second-order valence-electron chi connectivity index (χ2n) is 5.28. The van der Waals surface area contributed by atoms with Crippen LogP contribution in [0.2, 0.25) is 0 Å². The third-order valence-corrected chi connectivity index (χ3v) is 3.86. The molecule has 1 atom stereocenters. The Morgan fingerprint density at radius 1 is 1.45 bits per heavy atom. The van der Waals surface area contributed by atoms with Crippen molar-refractivity contribution in [3.8, 4) is 0 Å². The van der Waals surface area contributed by atoms with E-state index >= 15 is 0 Å². The molecular formula is C15H20N4O. The van der Waals surface area contributed by atoms with Gasteiger partial charge in [0.2, 0.25) is 0 Å². The van der Waals surface area contributed by atoms with E-state index in [0.29, 0.717) is 18.2 Å². The third kappa shape index (κ3) is 2.82. The fourth-order valence-electron chi connectivity index (χ4n) is 2.74. The second kappa shape index (κ2) is 6.05. The predicted octanol–water partition coefficient (Wildman–Crippen LogP) is 1.60. The fourth-order valence-corrected chi connectivity index (χ4v) is 2.74. The summed E-state index contributed by atoms with van der Waals surface area (Å²) in [5.41, 5.74) is 1.49. The molecule has 1 saturated heterocycles. The van der Waals surface area contributed by atoms with E-state index < -0.39 is 0 Å². The number of carbonyl (C=O) groups excluding carboxylic acids is 1. The minimum atomic E-state index is -0.0398. The number of amides is 1. The molecule has 20 heavy (non-hydrogen) atoms. The second-order valence-corrected chi connectivity index (χ2v) is 5.28. The van der Waals surface area contributed by atoms with Crippen LogP contribution in [0.25, 0.3) is 5.52 Å². The molecule has 0 spiro atoms. The molecule has 5 nitrogen and oxygen atoms in total. The standard InChI is InChI=1S/C15H20N4O/c20-15(17-9-7-12-5-1-3-8-16-12)13-11-18-19-10-4-2-6-14(13)19/h2,4,6,10-12,16H,1,3,5,7-9H2,(H,17,20). The first-order chi connectivity index (χ1) is 9.84. The summed E-state index contributed by atoms with van der Waals surface area (Å²) in [6.45, 7) is 1.81. The van der Waals surface area contributed by atoms with Crippen molar-refractivity contribution >= 4 is 11.4 Å². The lowest BCUT2D eigenvalue weighted by atomic mass is 10.0. The highest BCUT2D eigenvalue weighted by molar-refractivity contribution is 6.00. The summed E-state index contributed by atoms with van der Waals surface area (Å²) in [5.74, 6) is -0.0398. The Labute approximate surface area is 118 Å². The van der Waals surface area contributed by atoms with Gasteiger partial charge in [-0.3, -0.25) is 4.79 Å². The smallest absolute Gasteiger partial charge is 0.255 e. The molecule has 1 unspecified atom stereocenters. The molecule has 106 valence electrons. The number of hydrogen-bond acceptors (Lipinski definition) is 3. The molecule has 0 bridgehead atoms. The van der Waals surface area contributed by atoms with E-state index in [1.165, 1.54) is 19.3 Å². The van der Waals surface area contributed by atoms with Crippen LogP contribution < -0.4 is 10.6 Å². The molecule has 0 aromatic carbocycles. The van der Waals surface area contributed by atoms with Gasteiger partial charge in [0.1, 0.15) is 0 Å². The maximum Gasteiger partial charge on any atom is 0.255 e. The van der Waals surface area contributed by atoms with Crippen molar-refractivity contribution in [1.29, 1.82) is 0 Å². The number of aromatic nitrogens is 2. The van der Waals surface area contributed by atoms with Gasteiger partial charge in [0.15, 0.2) is 0 Å². The number of rotatable bonds is 4. The summed E-state index contributed by atoms with van der Waals surface area (Å²) in [7, 11) is 0. The largest absolute Gasteiger partial charge is 0.352 e. The van der Waals surface area contributed by atoms with Crippen molar-refractivity contribution in [2.24, 2.45) is 0 Å². The summed E-state index contributed by atoms with van der Waals surface area (Å²) >= 11 is 0. The summed E-state index contributed by atoms with van der Waals surface area (Å²) in [6, 6.07) is 6.27. The molecule has 3 rings (SSSR count). The van der Waals surface area contributed by atoms with Crippen LogP contribution in [0.3, 0.4) is 0 Å². The van der Waals surface area contributed by atoms with Crippen LogP contribution in [0.5, 0.6) is 0 Å². The topological polar surface area (TPSA) is 58.4 Å². The van der Waals surface area contributed by atoms with Crippen molar-refractivity contribution < 1.29 is 4.79 Å². The predicted molar refractivity (Wildman–Crippen MR) is 77.8 cm³/mol. The zero-order valence-electron chi connectivity index (χ0n) is 11.5. The van der Waals surface area contributed by atoms with E-state index in [-0.39, 0.29) is 5.91 Å². The van der Waals surface area contributed by atoms with Crippen molar-refractivity contribution in [2.45, 2.75) is 31.7 Å². The molecule has 1 amide bonds. The zero-order valence-corrected chi connectivity index (χ0v) is 11.5. The van der Waals surface area contributed by atoms with Crippen molar-refractivity contribution in [2.75, 3.05) is 13.1 Å². The monoisotopic (exact) mass is 272 g/mol. The van der Waals surface area contributed by atoms with E-state index in [1.54, 1.807) is 10.7 Å². The highest BCUT2D eigenvalue weighted by atomic mass is 16.1. The first-order valence-electron chi connectivity index (χ1n) is 7.28. The molecule has 1 aliphatic heterocycles. The van der Waals surface area contributed by atoms with E-state index in [0.717, 1.165) is 18.5 Å². The van der Waals surface area contributed by atoms with Gasteiger partial charge in [0, 0.05) is 18.8 Å². The molecule has 2 aromatic heterocycles. The number of nitrogens with one attached hydrogen (secondary N) is 2. The summed E-state index contributed by atoms with van der Waals surface area (Å²) in [6.07, 6.45) is 8.24. The van der Waals surface area contributed by atoms with Gasteiger partial charge in [-0.05, 0) is 37.9 Å². The molecule has 2 aromatic rings. The maximum absolute atomic E-state index is 12.2. The molecule has 5 heteroatoms. The lowest BCUT2D eigenvalue weighted by Crippen LogP contribution is -2.37. The first kappa shape index (κ1) is 13.1. The lowest BCUT2D eigenvalue weighted by molar-refractivity contribution is 0.0953. The number of fused-ring (bicyclic) bond motifs is 1. The van der Waals surface area contributed by atoms with Crippen molar-refractivity contribution in [3.05, 3.63) is 36.2 Å². The van der Waals surface area contributed by atoms with Gasteiger partial charge in [-0.15, -0.1) is 0 Å². The van der Waals surface area contributed by atoms with Gasteiger partial charge in [0.05, 0.1) is 17.3 Å². The summed E-state index contributed by atoms with van der Waals surface area (Å²) < 4.78 is 1.72. The van der Waals surface area contributed by atoms with E-state index in [4.69, 9.17) is 0 Å². The minimum Gasteiger partial charge on any atom is -0.352 e. The Morgan fingerprint density at radius 3 is 3.25 bits per heavy atom. The molecular weight excluding hydrogens is 252 g/mol. The van der Waals surface area contributed by atoms with E-state index in [2.05, 4.69) is 15.7 Å². The average molecular weight is 272 g/mol.